The number of rotatable bonds is 3. The molecule has 94 valence electrons. The predicted octanol–water partition coefficient (Wildman–Crippen LogP) is 3.03. The van der Waals surface area contributed by atoms with Crippen molar-refractivity contribution in [1.29, 1.82) is 0 Å². The first kappa shape index (κ1) is 12.5. The molecule has 3 nitrogen and oxygen atoms in total. The second kappa shape index (κ2) is 5.61. The van der Waals surface area contributed by atoms with Crippen molar-refractivity contribution in [3.05, 3.63) is 23.2 Å². The van der Waals surface area contributed by atoms with E-state index in [-0.39, 0.29) is 0 Å². The number of anilines is 1. The maximum absolute atomic E-state index is 6.16. The van der Waals surface area contributed by atoms with Crippen LogP contribution >= 0.6 is 11.6 Å². The molecule has 1 aromatic carbocycles. The standard InChI is InChI=1S/C13H19ClN2O/c1-17-11-5-6-12(14)13(8-11)16-10-4-2-3-9(15)7-10/h5-6,8-10,16H,2-4,7,15H2,1H3. The summed E-state index contributed by atoms with van der Waals surface area (Å²) in [6.45, 7) is 0. The largest absolute Gasteiger partial charge is 0.497 e. The van der Waals surface area contributed by atoms with Gasteiger partial charge in [0.05, 0.1) is 17.8 Å². The number of nitrogens with one attached hydrogen (secondary N) is 1. The van der Waals surface area contributed by atoms with Gasteiger partial charge in [-0.05, 0) is 37.8 Å². The van der Waals surface area contributed by atoms with Gasteiger partial charge in [-0.3, -0.25) is 0 Å². The van der Waals surface area contributed by atoms with Crippen molar-refractivity contribution in [2.75, 3.05) is 12.4 Å². The van der Waals surface area contributed by atoms with Gasteiger partial charge in [-0.2, -0.15) is 0 Å². The molecule has 0 amide bonds. The first-order valence-electron chi connectivity index (χ1n) is 6.04. The molecule has 17 heavy (non-hydrogen) atoms. The van der Waals surface area contributed by atoms with Gasteiger partial charge in [0.25, 0.3) is 0 Å². The number of nitrogens with two attached hydrogens (primary N) is 1. The highest BCUT2D eigenvalue weighted by Crippen LogP contribution is 2.29. The van der Waals surface area contributed by atoms with Crippen LogP contribution in [0.5, 0.6) is 5.75 Å². The van der Waals surface area contributed by atoms with Gasteiger partial charge in [0.15, 0.2) is 0 Å². The Labute approximate surface area is 107 Å². The summed E-state index contributed by atoms with van der Waals surface area (Å²) in [5.74, 6) is 0.817. The van der Waals surface area contributed by atoms with E-state index in [4.69, 9.17) is 22.1 Å². The van der Waals surface area contributed by atoms with Gasteiger partial charge in [0.2, 0.25) is 0 Å². The van der Waals surface area contributed by atoms with Crippen molar-refractivity contribution in [3.8, 4) is 5.75 Å². The molecule has 1 aliphatic rings. The first-order chi connectivity index (χ1) is 8.19. The summed E-state index contributed by atoms with van der Waals surface area (Å²) in [4.78, 5) is 0. The number of hydrogen-bond acceptors (Lipinski definition) is 3. The lowest BCUT2D eigenvalue weighted by Crippen LogP contribution is -2.34. The third kappa shape index (κ3) is 3.27. The Morgan fingerprint density at radius 2 is 2.24 bits per heavy atom. The van der Waals surface area contributed by atoms with E-state index in [1.54, 1.807) is 7.11 Å². The van der Waals surface area contributed by atoms with Crippen LogP contribution in [-0.2, 0) is 0 Å². The van der Waals surface area contributed by atoms with Crippen LogP contribution in [0, 0.1) is 0 Å². The Bertz CT molecular complexity index is 384. The summed E-state index contributed by atoms with van der Waals surface area (Å²) < 4.78 is 5.20. The zero-order valence-electron chi connectivity index (χ0n) is 10.1. The maximum Gasteiger partial charge on any atom is 0.121 e. The minimum Gasteiger partial charge on any atom is -0.497 e. The lowest BCUT2D eigenvalue weighted by atomic mass is 9.91. The molecule has 2 rings (SSSR count). The molecule has 2 unspecified atom stereocenters. The number of ether oxygens (including phenoxy) is 1. The van der Waals surface area contributed by atoms with Crippen molar-refractivity contribution < 1.29 is 4.74 Å². The second-order valence-electron chi connectivity index (χ2n) is 4.61. The molecule has 1 saturated carbocycles. The molecule has 0 spiro atoms. The van der Waals surface area contributed by atoms with Gasteiger partial charge >= 0.3 is 0 Å². The Balaban J connectivity index is 2.06. The van der Waals surface area contributed by atoms with Crippen molar-refractivity contribution in [2.45, 2.75) is 37.8 Å². The highest BCUT2D eigenvalue weighted by molar-refractivity contribution is 6.33. The van der Waals surface area contributed by atoms with Gasteiger partial charge < -0.3 is 15.8 Å². The van der Waals surface area contributed by atoms with E-state index < -0.39 is 0 Å². The zero-order chi connectivity index (χ0) is 12.3. The summed E-state index contributed by atoms with van der Waals surface area (Å²) in [7, 11) is 1.66. The van der Waals surface area contributed by atoms with Crippen molar-refractivity contribution in [2.24, 2.45) is 5.73 Å². The molecule has 1 aromatic rings. The fraction of sp³-hybridized carbons (Fsp3) is 0.538. The van der Waals surface area contributed by atoms with Crippen LogP contribution < -0.4 is 15.8 Å². The molecular formula is C13H19ClN2O. The van der Waals surface area contributed by atoms with E-state index in [1.807, 2.05) is 18.2 Å². The van der Waals surface area contributed by atoms with Gasteiger partial charge in [-0.1, -0.05) is 11.6 Å². The molecule has 0 aliphatic heterocycles. The van der Waals surface area contributed by atoms with Crippen LogP contribution in [0.25, 0.3) is 0 Å². The average molecular weight is 255 g/mol. The number of benzene rings is 1. The minimum absolute atomic E-state index is 0.311. The van der Waals surface area contributed by atoms with Crippen LogP contribution in [-0.4, -0.2) is 19.2 Å². The normalized spacial score (nSPS) is 24.4. The highest BCUT2D eigenvalue weighted by atomic mass is 35.5. The van der Waals surface area contributed by atoms with Gasteiger partial charge in [-0.15, -0.1) is 0 Å². The molecular weight excluding hydrogens is 236 g/mol. The molecule has 3 N–H and O–H groups in total. The van der Waals surface area contributed by atoms with Gasteiger partial charge in [0, 0.05) is 18.2 Å². The predicted molar refractivity (Wildman–Crippen MR) is 71.9 cm³/mol. The van der Waals surface area contributed by atoms with E-state index in [2.05, 4.69) is 5.32 Å². The third-order valence-corrected chi connectivity index (χ3v) is 3.58. The Kier molecular flexibility index (Phi) is 4.13. The van der Waals surface area contributed by atoms with E-state index in [0.717, 1.165) is 35.7 Å². The lowest BCUT2D eigenvalue weighted by Gasteiger charge is -2.28. The first-order valence-corrected chi connectivity index (χ1v) is 6.42. The van der Waals surface area contributed by atoms with E-state index >= 15 is 0 Å². The topological polar surface area (TPSA) is 47.3 Å². The smallest absolute Gasteiger partial charge is 0.121 e. The van der Waals surface area contributed by atoms with Crippen molar-refractivity contribution >= 4 is 17.3 Å². The van der Waals surface area contributed by atoms with Crippen LogP contribution in [0.1, 0.15) is 25.7 Å². The molecule has 0 heterocycles. The third-order valence-electron chi connectivity index (χ3n) is 3.25. The summed E-state index contributed by atoms with van der Waals surface area (Å²) in [5.41, 5.74) is 6.91. The quantitative estimate of drug-likeness (QED) is 0.872. The van der Waals surface area contributed by atoms with Crippen LogP contribution in [0.3, 0.4) is 0 Å². The Morgan fingerprint density at radius 3 is 2.94 bits per heavy atom. The molecule has 2 atom stereocenters. The van der Waals surface area contributed by atoms with E-state index in [9.17, 15) is 0 Å². The number of hydrogen-bond donors (Lipinski definition) is 2. The van der Waals surface area contributed by atoms with Crippen LogP contribution in [0.2, 0.25) is 5.02 Å². The van der Waals surface area contributed by atoms with Crippen LogP contribution in [0.4, 0.5) is 5.69 Å². The summed E-state index contributed by atoms with van der Waals surface area (Å²) in [5, 5.41) is 4.19. The average Bonchev–Trinajstić information content (AvgIpc) is 2.32. The molecule has 4 heteroatoms. The molecule has 0 bridgehead atoms. The monoisotopic (exact) mass is 254 g/mol. The van der Waals surface area contributed by atoms with E-state index in [1.165, 1.54) is 6.42 Å². The fourth-order valence-corrected chi connectivity index (χ4v) is 2.49. The molecule has 0 saturated heterocycles. The minimum atomic E-state index is 0.311. The lowest BCUT2D eigenvalue weighted by molar-refractivity contribution is 0.407. The number of halogens is 1. The fourth-order valence-electron chi connectivity index (χ4n) is 2.32. The molecule has 0 radical (unpaired) electrons. The Hall–Kier alpha value is -0.930. The highest BCUT2D eigenvalue weighted by Gasteiger charge is 2.19. The van der Waals surface area contributed by atoms with Crippen molar-refractivity contribution in [3.63, 3.8) is 0 Å². The van der Waals surface area contributed by atoms with Gasteiger partial charge in [-0.25, -0.2) is 0 Å². The van der Waals surface area contributed by atoms with Gasteiger partial charge in [0.1, 0.15) is 5.75 Å². The number of methoxy groups -OCH3 is 1. The van der Waals surface area contributed by atoms with E-state index in [0.29, 0.717) is 12.1 Å². The Morgan fingerprint density at radius 1 is 1.41 bits per heavy atom. The summed E-state index contributed by atoms with van der Waals surface area (Å²) >= 11 is 6.16. The second-order valence-corrected chi connectivity index (χ2v) is 5.02. The zero-order valence-corrected chi connectivity index (χ0v) is 10.8. The summed E-state index contributed by atoms with van der Waals surface area (Å²) in [6, 6.07) is 6.38. The molecule has 0 aromatic heterocycles. The summed E-state index contributed by atoms with van der Waals surface area (Å²) in [6.07, 6.45) is 4.47. The van der Waals surface area contributed by atoms with Crippen molar-refractivity contribution in [1.82, 2.24) is 0 Å². The molecule has 1 fully saturated rings. The maximum atomic E-state index is 6.16. The molecule has 1 aliphatic carbocycles. The SMILES string of the molecule is COc1ccc(Cl)c(NC2CCCC(N)C2)c1. The van der Waals surface area contributed by atoms with Crippen LogP contribution in [0.15, 0.2) is 18.2 Å².